The molecule has 3 nitrogen and oxygen atoms in total. The Morgan fingerprint density at radius 1 is 1.88 bits per heavy atom. The van der Waals surface area contributed by atoms with Gasteiger partial charge in [0.25, 0.3) is 0 Å². The molecule has 1 aromatic heterocycles. The quantitative estimate of drug-likeness (QED) is 0.545. The van der Waals surface area contributed by atoms with E-state index in [4.69, 9.17) is 5.11 Å². The van der Waals surface area contributed by atoms with Crippen molar-refractivity contribution in [3.8, 4) is 0 Å². The Morgan fingerprint density at radius 3 is 2.88 bits per heavy atom. The van der Waals surface area contributed by atoms with E-state index in [1.807, 2.05) is 6.92 Å². The maximum Gasteiger partial charge on any atom is 0.0905 e. The highest BCUT2D eigenvalue weighted by Crippen LogP contribution is 1.99. The molecule has 0 atom stereocenters. The van der Waals surface area contributed by atoms with Crippen molar-refractivity contribution in [3.63, 3.8) is 0 Å². The Kier molecular flexibility index (Phi) is 1.30. The van der Waals surface area contributed by atoms with Crippen LogP contribution < -0.4 is 0 Å². The van der Waals surface area contributed by atoms with Gasteiger partial charge in [-0.1, -0.05) is 0 Å². The van der Waals surface area contributed by atoms with Gasteiger partial charge >= 0.3 is 0 Å². The Labute approximate surface area is 47.4 Å². The molecule has 8 heavy (non-hydrogen) atoms. The highest BCUT2D eigenvalue weighted by molar-refractivity contribution is 5.11. The number of aryl methyl sites for hydroxylation is 1. The lowest BCUT2D eigenvalue weighted by Crippen LogP contribution is -1.84. The first kappa shape index (κ1) is 5.31. The number of aliphatic hydroxyl groups is 1. The van der Waals surface area contributed by atoms with Crippen molar-refractivity contribution in [2.75, 3.05) is 0 Å². The summed E-state index contributed by atoms with van der Waals surface area (Å²) in [5.74, 6) is 0. The Morgan fingerprint density at radius 2 is 2.62 bits per heavy atom. The topological polar surface area (TPSA) is 48.9 Å². The number of rotatable bonds is 1. The molecule has 2 N–H and O–H groups in total. The molecule has 0 fully saturated rings. The van der Waals surface area contributed by atoms with Gasteiger partial charge in [-0.05, 0) is 12.5 Å². The fourth-order valence-corrected chi connectivity index (χ4v) is 0.539. The lowest BCUT2D eigenvalue weighted by molar-refractivity contribution is 0.276. The molecule has 0 bridgehead atoms. The number of hydrogen-bond donors (Lipinski definition) is 2. The minimum atomic E-state index is 0.0231. The number of nitrogens with zero attached hydrogens (tertiary/aromatic N) is 1. The van der Waals surface area contributed by atoms with Gasteiger partial charge < -0.3 is 5.11 Å². The van der Waals surface area contributed by atoms with Crippen LogP contribution in [-0.4, -0.2) is 15.3 Å². The minimum absolute atomic E-state index is 0.0231. The summed E-state index contributed by atoms with van der Waals surface area (Å²) in [6, 6.07) is 0. The molecule has 0 amide bonds. The zero-order valence-electron chi connectivity index (χ0n) is 4.68. The monoisotopic (exact) mass is 112 g/mol. The molecule has 1 heterocycles. The average molecular weight is 112 g/mol. The molecule has 0 saturated heterocycles. The molecule has 0 saturated carbocycles. The summed E-state index contributed by atoms with van der Waals surface area (Å²) >= 11 is 0. The second-order valence-corrected chi connectivity index (χ2v) is 1.67. The van der Waals surface area contributed by atoms with Crippen LogP contribution in [0.25, 0.3) is 0 Å². The first-order valence-electron chi connectivity index (χ1n) is 2.44. The molecule has 0 aliphatic carbocycles. The van der Waals surface area contributed by atoms with Crippen molar-refractivity contribution in [1.29, 1.82) is 0 Å². The van der Waals surface area contributed by atoms with E-state index in [-0.39, 0.29) is 6.61 Å². The highest BCUT2D eigenvalue weighted by Gasteiger charge is 1.95. The van der Waals surface area contributed by atoms with Crippen LogP contribution in [-0.2, 0) is 6.61 Å². The maximum absolute atomic E-state index is 8.52. The zero-order chi connectivity index (χ0) is 5.98. The highest BCUT2D eigenvalue weighted by atomic mass is 16.3. The minimum Gasteiger partial charge on any atom is -0.390 e. The first-order valence-corrected chi connectivity index (χ1v) is 2.44. The molecule has 0 spiro atoms. The van der Waals surface area contributed by atoms with Crippen LogP contribution in [0.5, 0.6) is 0 Å². The standard InChI is InChI=1S/C5H8N2O/c1-4-2-6-7-5(4)3-8/h2,8H,3H2,1H3,(H,6,7). The molecule has 3 heteroatoms. The van der Waals surface area contributed by atoms with Crippen LogP contribution in [0.15, 0.2) is 6.20 Å². The first-order chi connectivity index (χ1) is 3.84. The van der Waals surface area contributed by atoms with Crippen molar-refractivity contribution in [1.82, 2.24) is 10.2 Å². The number of aromatic nitrogens is 2. The van der Waals surface area contributed by atoms with Crippen LogP contribution in [0.1, 0.15) is 11.3 Å². The Balaban J connectivity index is 2.92. The van der Waals surface area contributed by atoms with Crippen molar-refractivity contribution in [2.45, 2.75) is 13.5 Å². The van der Waals surface area contributed by atoms with Crippen LogP contribution in [0.4, 0.5) is 0 Å². The maximum atomic E-state index is 8.52. The van der Waals surface area contributed by atoms with E-state index in [2.05, 4.69) is 10.2 Å². The second-order valence-electron chi connectivity index (χ2n) is 1.67. The van der Waals surface area contributed by atoms with E-state index in [0.29, 0.717) is 0 Å². The molecular formula is C5H8N2O. The molecule has 0 unspecified atom stereocenters. The lowest BCUT2D eigenvalue weighted by Gasteiger charge is -1.84. The van der Waals surface area contributed by atoms with Gasteiger partial charge in [-0.3, -0.25) is 5.10 Å². The second kappa shape index (κ2) is 1.96. The number of hydrogen-bond acceptors (Lipinski definition) is 2. The van der Waals surface area contributed by atoms with Crippen LogP contribution in [0, 0.1) is 6.92 Å². The van der Waals surface area contributed by atoms with E-state index >= 15 is 0 Å². The van der Waals surface area contributed by atoms with E-state index in [0.717, 1.165) is 11.3 Å². The van der Waals surface area contributed by atoms with Crippen molar-refractivity contribution >= 4 is 0 Å². The lowest BCUT2D eigenvalue weighted by atomic mass is 10.3. The smallest absolute Gasteiger partial charge is 0.0905 e. The molecule has 0 aliphatic rings. The van der Waals surface area contributed by atoms with Crippen LogP contribution in [0.3, 0.4) is 0 Å². The number of nitrogens with one attached hydrogen (secondary N) is 1. The number of aromatic amines is 1. The summed E-state index contributed by atoms with van der Waals surface area (Å²) in [6.07, 6.45) is 1.76. The van der Waals surface area contributed by atoms with Gasteiger partial charge in [0.2, 0.25) is 0 Å². The van der Waals surface area contributed by atoms with Gasteiger partial charge in [-0.15, -0.1) is 0 Å². The Bertz CT molecular complexity index is 171. The van der Waals surface area contributed by atoms with E-state index in [1.165, 1.54) is 0 Å². The molecule has 0 aromatic carbocycles. The number of aliphatic hydroxyl groups excluding tert-OH is 1. The normalized spacial score (nSPS) is 9.75. The fraction of sp³-hybridized carbons (Fsp3) is 0.400. The van der Waals surface area contributed by atoms with E-state index in [1.54, 1.807) is 6.20 Å². The largest absolute Gasteiger partial charge is 0.390 e. The zero-order valence-corrected chi connectivity index (χ0v) is 4.68. The Hall–Kier alpha value is -0.830. The van der Waals surface area contributed by atoms with Gasteiger partial charge in [0.05, 0.1) is 12.3 Å². The van der Waals surface area contributed by atoms with Crippen LogP contribution in [0.2, 0.25) is 0 Å². The van der Waals surface area contributed by atoms with Gasteiger partial charge in [0.1, 0.15) is 0 Å². The van der Waals surface area contributed by atoms with Crippen molar-refractivity contribution < 1.29 is 5.11 Å². The van der Waals surface area contributed by atoms with Crippen LogP contribution >= 0.6 is 0 Å². The van der Waals surface area contributed by atoms with E-state index < -0.39 is 0 Å². The third-order valence-corrected chi connectivity index (χ3v) is 1.09. The van der Waals surface area contributed by atoms with Crippen molar-refractivity contribution in [3.05, 3.63) is 17.5 Å². The number of H-pyrrole nitrogens is 1. The molecule has 1 aromatic rings. The molecule has 44 valence electrons. The van der Waals surface area contributed by atoms with E-state index in [9.17, 15) is 0 Å². The predicted molar refractivity (Wildman–Crippen MR) is 29.2 cm³/mol. The SMILES string of the molecule is Cc1c[nH]nc1CO. The molecular weight excluding hydrogens is 104 g/mol. The van der Waals surface area contributed by atoms with Crippen molar-refractivity contribution in [2.24, 2.45) is 0 Å². The molecule has 0 radical (unpaired) electrons. The summed E-state index contributed by atoms with van der Waals surface area (Å²) in [5, 5.41) is 14.9. The summed E-state index contributed by atoms with van der Waals surface area (Å²) in [7, 11) is 0. The third kappa shape index (κ3) is 0.721. The summed E-state index contributed by atoms with van der Waals surface area (Å²) in [6.45, 7) is 1.92. The summed E-state index contributed by atoms with van der Waals surface area (Å²) < 4.78 is 0. The summed E-state index contributed by atoms with van der Waals surface area (Å²) in [5.41, 5.74) is 1.73. The van der Waals surface area contributed by atoms with Gasteiger partial charge in [-0.2, -0.15) is 5.10 Å². The van der Waals surface area contributed by atoms with Gasteiger partial charge in [0, 0.05) is 6.20 Å². The fourth-order valence-electron chi connectivity index (χ4n) is 0.539. The van der Waals surface area contributed by atoms with Gasteiger partial charge in [0.15, 0.2) is 0 Å². The third-order valence-electron chi connectivity index (χ3n) is 1.09. The molecule has 0 aliphatic heterocycles. The predicted octanol–water partition coefficient (Wildman–Crippen LogP) is 0.210. The summed E-state index contributed by atoms with van der Waals surface area (Å²) in [4.78, 5) is 0. The van der Waals surface area contributed by atoms with Gasteiger partial charge in [-0.25, -0.2) is 0 Å². The average Bonchev–Trinajstić information content (AvgIpc) is 2.14. The molecule has 1 rings (SSSR count).